The van der Waals surface area contributed by atoms with Gasteiger partial charge in [-0.2, -0.15) is 0 Å². The summed E-state index contributed by atoms with van der Waals surface area (Å²) in [7, 11) is 0. The second kappa shape index (κ2) is 2.96. The van der Waals surface area contributed by atoms with Gasteiger partial charge < -0.3 is 4.57 Å². The number of aromatic nitrogens is 1. The van der Waals surface area contributed by atoms with E-state index in [1.54, 1.807) is 6.07 Å². The molecule has 1 aromatic carbocycles. The van der Waals surface area contributed by atoms with Gasteiger partial charge in [0.05, 0.1) is 5.52 Å². The lowest BCUT2D eigenvalue weighted by Gasteiger charge is -2.24. The number of hydrogen-bond acceptors (Lipinski definition) is 1. The molecule has 76 valence electrons. The average molecular weight is 199 g/mol. The van der Waals surface area contributed by atoms with E-state index in [4.69, 9.17) is 0 Å². The molecule has 2 aromatic rings. The van der Waals surface area contributed by atoms with E-state index in [0.717, 1.165) is 18.4 Å². The summed E-state index contributed by atoms with van der Waals surface area (Å²) < 4.78 is 1.94. The van der Waals surface area contributed by atoms with E-state index < -0.39 is 0 Å². The van der Waals surface area contributed by atoms with Crippen molar-refractivity contribution >= 4 is 10.9 Å². The molecule has 1 unspecified atom stereocenters. The van der Waals surface area contributed by atoms with Crippen molar-refractivity contribution in [3.63, 3.8) is 0 Å². The minimum absolute atomic E-state index is 0.127. The van der Waals surface area contributed by atoms with Crippen LogP contribution in [-0.4, -0.2) is 4.57 Å². The monoisotopic (exact) mass is 199 g/mol. The summed E-state index contributed by atoms with van der Waals surface area (Å²) in [5.41, 5.74) is 2.58. The van der Waals surface area contributed by atoms with Gasteiger partial charge >= 0.3 is 0 Å². The topological polar surface area (TPSA) is 22.0 Å². The third kappa shape index (κ3) is 1.14. The largest absolute Gasteiger partial charge is 0.305 e. The quantitative estimate of drug-likeness (QED) is 0.639. The summed E-state index contributed by atoms with van der Waals surface area (Å²) in [6.45, 7) is 2.12. The Morgan fingerprint density at radius 3 is 3.00 bits per heavy atom. The van der Waals surface area contributed by atoms with E-state index in [1.165, 1.54) is 10.9 Å². The molecule has 2 heteroatoms. The lowest BCUT2D eigenvalue weighted by molar-refractivity contribution is 0.489. The Kier molecular flexibility index (Phi) is 1.72. The molecule has 0 N–H and O–H groups in total. The Hall–Kier alpha value is -1.57. The van der Waals surface area contributed by atoms with Gasteiger partial charge in [-0.25, -0.2) is 0 Å². The van der Waals surface area contributed by atoms with Gasteiger partial charge in [-0.1, -0.05) is 18.2 Å². The number of pyridine rings is 1. The number of hydrogen-bond donors (Lipinski definition) is 0. The standard InChI is InChI=1S/C13H13NO/c1-9-5-6-10-3-2-4-11-7-8-12(15)14(9)13(10)11/h2-4,7-9H,5-6H2,1H3. The Bertz CT molecular complexity index is 583. The van der Waals surface area contributed by atoms with Gasteiger partial charge in [0, 0.05) is 12.1 Å². The minimum Gasteiger partial charge on any atom is -0.305 e. The highest BCUT2D eigenvalue weighted by molar-refractivity contribution is 5.82. The summed E-state index contributed by atoms with van der Waals surface area (Å²) in [6, 6.07) is 10.2. The minimum atomic E-state index is 0.127. The van der Waals surface area contributed by atoms with Crippen LogP contribution in [0.3, 0.4) is 0 Å². The number of rotatable bonds is 0. The number of aryl methyl sites for hydroxylation is 1. The summed E-state index contributed by atoms with van der Waals surface area (Å²) in [6.07, 6.45) is 2.15. The average Bonchev–Trinajstić information content (AvgIpc) is 2.25. The van der Waals surface area contributed by atoms with Crippen molar-refractivity contribution in [3.05, 3.63) is 46.2 Å². The number of benzene rings is 1. The van der Waals surface area contributed by atoms with E-state index in [2.05, 4.69) is 25.1 Å². The number of para-hydroxylation sites is 1. The number of nitrogens with zero attached hydrogens (tertiary/aromatic N) is 1. The first-order valence-corrected chi connectivity index (χ1v) is 5.40. The molecule has 0 amide bonds. The van der Waals surface area contributed by atoms with Gasteiger partial charge in [0.2, 0.25) is 0 Å². The SMILES string of the molecule is CC1CCc2cccc3ccc(=O)n1c23. The Labute approximate surface area is 88.2 Å². The first-order chi connectivity index (χ1) is 7.27. The zero-order chi connectivity index (χ0) is 10.4. The maximum atomic E-state index is 11.8. The molecule has 1 atom stereocenters. The molecule has 1 aliphatic heterocycles. The second-order valence-corrected chi connectivity index (χ2v) is 4.28. The van der Waals surface area contributed by atoms with Crippen LogP contribution in [0.5, 0.6) is 0 Å². The molecule has 0 spiro atoms. The van der Waals surface area contributed by atoms with E-state index in [1.807, 2.05) is 10.6 Å². The molecule has 15 heavy (non-hydrogen) atoms. The zero-order valence-electron chi connectivity index (χ0n) is 8.73. The van der Waals surface area contributed by atoms with Crippen LogP contribution in [0.15, 0.2) is 35.1 Å². The maximum Gasteiger partial charge on any atom is 0.251 e. The van der Waals surface area contributed by atoms with Crippen LogP contribution in [0.25, 0.3) is 10.9 Å². The highest BCUT2D eigenvalue weighted by atomic mass is 16.1. The first kappa shape index (κ1) is 8.72. The Morgan fingerprint density at radius 2 is 2.13 bits per heavy atom. The van der Waals surface area contributed by atoms with Gasteiger partial charge in [-0.15, -0.1) is 0 Å². The van der Waals surface area contributed by atoms with Crippen LogP contribution in [-0.2, 0) is 6.42 Å². The highest BCUT2D eigenvalue weighted by Crippen LogP contribution is 2.28. The van der Waals surface area contributed by atoms with Crippen LogP contribution in [0.1, 0.15) is 24.9 Å². The second-order valence-electron chi connectivity index (χ2n) is 4.28. The fourth-order valence-corrected chi connectivity index (χ4v) is 2.52. The molecule has 0 radical (unpaired) electrons. The molecule has 0 fully saturated rings. The smallest absolute Gasteiger partial charge is 0.251 e. The summed E-state index contributed by atoms with van der Waals surface area (Å²) in [4.78, 5) is 11.8. The van der Waals surface area contributed by atoms with Crippen LogP contribution >= 0.6 is 0 Å². The molecular formula is C13H13NO. The summed E-state index contributed by atoms with van der Waals surface area (Å²) in [5, 5.41) is 1.18. The van der Waals surface area contributed by atoms with Crippen molar-refractivity contribution in [2.24, 2.45) is 0 Å². The van der Waals surface area contributed by atoms with Crippen molar-refractivity contribution in [2.75, 3.05) is 0 Å². The molecule has 0 bridgehead atoms. The molecule has 2 nitrogen and oxygen atoms in total. The molecule has 0 saturated heterocycles. The first-order valence-electron chi connectivity index (χ1n) is 5.40. The van der Waals surface area contributed by atoms with E-state index in [9.17, 15) is 4.79 Å². The normalized spacial score (nSPS) is 19.4. The summed E-state index contributed by atoms with van der Waals surface area (Å²) in [5.74, 6) is 0. The van der Waals surface area contributed by atoms with Gasteiger partial charge in [0.1, 0.15) is 0 Å². The molecule has 1 aliphatic rings. The molecule has 3 rings (SSSR count). The van der Waals surface area contributed by atoms with Gasteiger partial charge in [0.15, 0.2) is 0 Å². The van der Waals surface area contributed by atoms with Crippen molar-refractivity contribution in [3.8, 4) is 0 Å². The van der Waals surface area contributed by atoms with Gasteiger partial charge in [-0.05, 0) is 36.8 Å². The lowest BCUT2D eigenvalue weighted by Crippen LogP contribution is -2.26. The summed E-state index contributed by atoms with van der Waals surface area (Å²) >= 11 is 0. The molecule has 1 aromatic heterocycles. The predicted octanol–water partition coefficient (Wildman–Crippen LogP) is 2.51. The van der Waals surface area contributed by atoms with Crippen molar-refractivity contribution in [2.45, 2.75) is 25.8 Å². The Balaban J connectivity index is 2.55. The van der Waals surface area contributed by atoms with E-state index in [0.29, 0.717) is 6.04 Å². The van der Waals surface area contributed by atoms with Gasteiger partial charge in [0.25, 0.3) is 5.56 Å². The molecule has 0 aliphatic carbocycles. The van der Waals surface area contributed by atoms with Gasteiger partial charge in [-0.3, -0.25) is 4.79 Å². The van der Waals surface area contributed by atoms with Crippen molar-refractivity contribution in [1.82, 2.24) is 4.57 Å². The van der Waals surface area contributed by atoms with Crippen molar-refractivity contribution in [1.29, 1.82) is 0 Å². The fourth-order valence-electron chi connectivity index (χ4n) is 2.52. The molecule has 2 heterocycles. The van der Waals surface area contributed by atoms with Crippen LogP contribution in [0.2, 0.25) is 0 Å². The Morgan fingerprint density at radius 1 is 1.27 bits per heavy atom. The third-order valence-electron chi connectivity index (χ3n) is 3.31. The van der Waals surface area contributed by atoms with Crippen LogP contribution in [0.4, 0.5) is 0 Å². The van der Waals surface area contributed by atoms with Crippen LogP contribution in [0, 0.1) is 0 Å². The maximum absolute atomic E-state index is 11.8. The highest BCUT2D eigenvalue weighted by Gasteiger charge is 2.17. The van der Waals surface area contributed by atoms with Crippen LogP contribution < -0.4 is 5.56 Å². The zero-order valence-corrected chi connectivity index (χ0v) is 8.73. The molecular weight excluding hydrogens is 186 g/mol. The third-order valence-corrected chi connectivity index (χ3v) is 3.31. The van der Waals surface area contributed by atoms with E-state index >= 15 is 0 Å². The van der Waals surface area contributed by atoms with E-state index in [-0.39, 0.29) is 5.56 Å². The fraction of sp³-hybridized carbons (Fsp3) is 0.308. The van der Waals surface area contributed by atoms with Crippen molar-refractivity contribution < 1.29 is 0 Å². The molecule has 0 saturated carbocycles. The predicted molar refractivity (Wildman–Crippen MR) is 61.2 cm³/mol. The lowest BCUT2D eigenvalue weighted by atomic mass is 9.97.